The first kappa shape index (κ1) is 15.3. The zero-order chi connectivity index (χ0) is 14.3. The molecule has 0 spiro atoms. The lowest BCUT2D eigenvalue weighted by atomic mass is 9.91. The van der Waals surface area contributed by atoms with Crippen molar-refractivity contribution in [1.29, 1.82) is 0 Å². The minimum Gasteiger partial charge on any atom is -0.479 e. The molecule has 1 fully saturated rings. The summed E-state index contributed by atoms with van der Waals surface area (Å²) in [6.45, 7) is 3.02. The van der Waals surface area contributed by atoms with E-state index in [2.05, 4.69) is 17.2 Å². The highest BCUT2D eigenvalue weighted by Crippen LogP contribution is 2.26. The SMILES string of the molecule is CC#CCCNC(=O)N1CCC(OC)(C(=O)O)CC1. The number of carbonyl (C=O) groups excluding carboxylic acids is 1. The third-order valence-electron chi connectivity index (χ3n) is 3.34. The smallest absolute Gasteiger partial charge is 0.336 e. The molecule has 1 aliphatic rings. The van der Waals surface area contributed by atoms with Gasteiger partial charge in [-0.05, 0) is 6.92 Å². The van der Waals surface area contributed by atoms with Crippen LogP contribution in [-0.2, 0) is 9.53 Å². The molecule has 0 aromatic heterocycles. The summed E-state index contributed by atoms with van der Waals surface area (Å²) >= 11 is 0. The highest BCUT2D eigenvalue weighted by Gasteiger charge is 2.42. The van der Waals surface area contributed by atoms with Crippen LogP contribution in [0.3, 0.4) is 0 Å². The number of hydrogen-bond donors (Lipinski definition) is 2. The van der Waals surface area contributed by atoms with Crippen molar-refractivity contribution in [2.45, 2.75) is 31.8 Å². The van der Waals surface area contributed by atoms with Gasteiger partial charge in [0, 0.05) is 46.0 Å². The van der Waals surface area contributed by atoms with Crippen LogP contribution in [0.15, 0.2) is 0 Å². The van der Waals surface area contributed by atoms with Crippen LogP contribution in [0, 0.1) is 11.8 Å². The van der Waals surface area contributed by atoms with Gasteiger partial charge in [0.15, 0.2) is 5.60 Å². The van der Waals surface area contributed by atoms with Gasteiger partial charge < -0.3 is 20.1 Å². The molecular weight excluding hydrogens is 248 g/mol. The molecule has 1 aliphatic heterocycles. The van der Waals surface area contributed by atoms with Crippen molar-refractivity contribution in [3.05, 3.63) is 0 Å². The Balaban J connectivity index is 2.42. The largest absolute Gasteiger partial charge is 0.479 e. The molecular formula is C13H20N2O4. The van der Waals surface area contributed by atoms with E-state index >= 15 is 0 Å². The number of nitrogens with one attached hydrogen (secondary N) is 1. The number of piperidine rings is 1. The zero-order valence-electron chi connectivity index (χ0n) is 11.4. The molecule has 6 heteroatoms. The quantitative estimate of drug-likeness (QED) is 0.580. The molecule has 0 unspecified atom stereocenters. The van der Waals surface area contributed by atoms with Gasteiger partial charge in [-0.25, -0.2) is 9.59 Å². The van der Waals surface area contributed by atoms with E-state index in [1.165, 1.54) is 7.11 Å². The second-order valence-electron chi connectivity index (χ2n) is 4.40. The number of rotatable bonds is 4. The van der Waals surface area contributed by atoms with Crippen molar-refractivity contribution in [3.63, 3.8) is 0 Å². The summed E-state index contributed by atoms with van der Waals surface area (Å²) in [7, 11) is 1.40. The van der Waals surface area contributed by atoms with Crippen molar-refractivity contribution in [1.82, 2.24) is 10.2 Å². The first-order valence-corrected chi connectivity index (χ1v) is 6.26. The molecule has 1 heterocycles. The normalized spacial score (nSPS) is 17.3. The van der Waals surface area contributed by atoms with Crippen molar-refractivity contribution >= 4 is 12.0 Å². The lowest BCUT2D eigenvalue weighted by molar-refractivity contribution is -0.167. The van der Waals surface area contributed by atoms with E-state index < -0.39 is 11.6 Å². The van der Waals surface area contributed by atoms with Crippen LogP contribution in [0.4, 0.5) is 4.79 Å². The third-order valence-corrected chi connectivity index (χ3v) is 3.34. The minimum atomic E-state index is -1.15. The van der Waals surface area contributed by atoms with Crippen molar-refractivity contribution < 1.29 is 19.4 Å². The summed E-state index contributed by atoms with van der Waals surface area (Å²) < 4.78 is 5.11. The molecule has 1 saturated heterocycles. The predicted molar refractivity (Wildman–Crippen MR) is 69.6 cm³/mol. The van der Waals surface area contributed by atoms with E-state index in [4.69, 9.17) is 9.84 Å². The van der Waals surface area contributed by atoms with Gasteiger partial charge in [0.25, 0.3) is 0 Å². The molecule has 0 radical (unpaired) electrons. The summed E-state index contributed by atoms with van der Waals surface area (Å²) in [5.74, 6) is 4.65. The van der Waals surface area contributed by atoms with Gasteiger partial charge in [-0.15, -0.1) is 11.8 Å². The molecule has 2 N–H and O–H groups in total. The van der Waals surface area contributed by atoms with Crippen LogP contribution in [0.2, 0.25) is 0 Å². The number of nitrogens with zero attached hydrogens (tertiary/aromatic N) is 1. The molecule has 0 aromatic rings. The van der Waals surface area contributed by atoms with Crippen molar-refractivity contribution in [2.75, 3.05) is 26.7 Å². The summed E-state index contributed by atoms with van der Waals surface area (Å²) in [5.41, 5.74) is -1.15. The van der Waals surface area contributed by atoms with Gasteiger partial charge in [-0.1, -0.05) is 0 Å². The van der Waals surface area contributed by atoms with Crippen LogP contribution < -0.4 is 5.32 Å². The Labute approximate surface area is 113 Å². The number of hydrogen-bond acceptors (Lipinski definition) is 3. The molecule has 0 aromatic carbocycles. The van der Waals surface area contributed by atoms with Crippen LogP contribution in [-0.4, -0.2) is 54.4 Å². The van der Waals surface area contributed by atoms with Crippen LogP contribution in [0.25, 0.3) is 0 Å². The number of carboxylic acid groups (broad SMARTS) is 1. The molecule has 6 nitrogen and oxygen atoms in total. The van der Waals surface area contributed by atoms with E-state index in [-0.39, 0.29) is 6.03 Å². The fourth-order valence-electron chi connectivity index (χ4n) is 2.05. The fourth-order valence-corrected chi connectivity index (χ4v) is 2.05. The van der Waals surface area contributed by atoms with E-state index in [1.54, 1.807) is 11.8 Å². The van der Waals surface area contributed by atoms with E-state index in [0.717, 1.165) is 0 Å². The van der Waals surface area contributed by atoms with Gasteiger partial charge in [0.1, 0.15) is 0 Å². The summed E-state index contributed by atoms with van der Waals surface area (Å²) in [6.07, 6.45) is 1.23. The van der Waals surface area contributed by atoms with Crippen molar-refractivity contribution in [2.24, 2.45) is 0 Å². The van der Waals surface area contributed by atoms with Crippen LogP contribution in [0.5, 0.6) is 0 Å². The van der Waals surface area contributed by atoms with Crippen molar-refractivity contribution in [3.8, 4) is 11.8 Å². The minimum absolute atomic E-state index is 0.173. The molecule has 1 rings (SSSR count). The predicted octanol–water partition coefficient (Wildman–Crippen LogP) is 0.675. The van der Waals surface area contributed by atoms with Gasteiger partial charge in [0.2, 0.25) is 0 Å². The number of ether oxygens (including phenoxy) is 1. The molecule has 0 atom stereocenters. The third kappa shape index (κ3) is 3.86. The molecule has 19 heavy (non-hydrogen) atoms. The Hall–Kier alpha value is -1.74. The van der Waals surface area contributed by atoms with E-state index in [9.17, 15) is 9.59 Å². The maximum atomic E-state index is 11.8. The Kier molecular flexibility index (Phi) is 5.64. The Morgan fingerprint density at radius 1 is 1.42 bits per heavy atom. The van der Waals surface area contributed by atoms with Gasteiger partial charge >= 0.3 is 12.0 Å². The number of aliphatic carboxylic acids is 1. The number of likely N-dealkylation sites (tertiary alicyclic amines) is 1. The standard InChI is InChI=1S/C13H20N2O4/c1-3-4-5-8-14-12(18)15-9-6-13(19-2,7-10-15)11(16)17/h5-10H2,1-2H3,(H,14,18)(H,16,17). The summed E-state index contributed by atoms with van der Waals surface area (Å²) in [6, 6.07) is -0.173. The highest BCUT2D eigenvalue weighted by molar-refractivity contribution is 5.79. The topological polar surface area (TPSA) is 78.9 Å². The first-order valence-electron chi connectivity index (χ1n) is 6.26. The lowest BCUT2D eigenvalue weighted by Crippen LogP contribution is -2.53. The van der Waals surface area contributed by atoms with Crippen LogP contribution in [0.1, 0.15) is 26.2 Å². The average Bonchev–Trinajstić information content (AvgIpc) is 2.43. The van der Waals surface area contributed by atoms with Gasteiger partial charge in [-0.3, -0.25) is 0 Å². The maximum absolute atomic E-state index is 11.8. The second kappa shape index (κ2) is 7.00. The lowest BCUT2D eigenvalue weighted by Gasteiger charge is -2.37. The average molecular weight is 268 g/mol. The number of carboxylic acids is 1. The van der Waals surface area contributed by atoms with Gasteiger partial charge in [-0.2, -0.15) is 0 Å². The number of carbonyl (C=O) groups is 2. The summed E-state index contributed by atoms with van der Waals surface area (Å²) in [5, 5.41) is 11.9. The number of amides is 2. The molecule has 0 bridgehead atoms. The first-order chi connectivity index (χ1) is 9.05. The monoisotopic (exact) mass is 268 g/mol. The Bertz CT molecular complexity index is 389. The van der Waals surface area contributed by atoms with Gasteiger partial charge in [0.05, 0.1) is 0 Å². The fraction of sp³-hybridized carbons (Fsp3) is 0.692. The Morgan fingerprint density at radius 3 is 2.53 bits per heavy atom. The van der Waals surface area contributed by atoms with E-state index in [1.807, 2.05) is 0 Å². The molecule has 2 amide bonds. The summed E-state index contributed by atoms with van der Waals surface area (Å²) in [4.78, 5) is 24.6. The molecule has 0 saturated carbocycles. The zero-order valence-corrected chi connectivity index (χ0v) is 11.4. The van der Waals surface area contributed by atoms with E-state index in [0.29, 0.717) is 38.9 Å². The molecule has 0 aliphatic carbocycles. The molecule has 106 valence electrons. The highest BCUT2D eigenvalue weighted by atomic mass is 16.5. The van der Waals surface area contributed by atoms with Crippen LogP contribution >= 0.6 is 0 Å². The number of urea groups is 1. The number of methoxy groups -OCH3 is 1. The second-order valence-corrected chi connectivity index (χ2v) is 4.40. The Morgan fingerprint density at radius 2 is 2.05 bits per heavy atom. The maximum Gasteiger partial charge on any atom is 0.336 e.